The molecular weight excluding hydrogens is 606 g/mol. The number of nitriles is 1. The molecule has 40 heavy (non-hydrogen) atoms. The Hall–Kier alpha value is -3.61. The summed E-state index contributed by atoms with van der Waals surface area (Å²) >= 11 is 9.62. The molecule has 10 heteroatoms. The third-order valence-electron chi connectivity index (χ3n) is 6.07. The molecular formula is C30H26BrClF2N2O4. The van der Waals surface area contributed by atoms with Gasteiger partial charge in [-0.05, 0) is 79.9 Å². The monoisotopic (exact) mass is 630 g/mol. The number of halogens is 4. The lowest BCUT2D eigenvalue weighted by atomic mass is 9.86. The predicted octanol–water partition coefficient (Wildman–Crippen LogP) is 7.48. The van der Waals surface area contributed by atoms with E-state index in [1.165, 1.54) is 18.2 Å². The standard InChI is InChI=1S/C30H26BrClF2N2O4/c1-30(2,17-35)27(38)12-5-18-3-10-24(32)22(13-18)25(37)15-19-4-11-26(40-16-28(33)34)23(14-19)29(39)36-21-8-6-20(31)7-9-21/h3-4,6-11,13-14,28H,5,12,15-16H2,1-2H3,(H,36,39). The summed E-state index contributed by atoms with van der Waals surface area (Å²) in [7, 11) is 0. The van der Waals surface area contributed by atoms with E-state index in [4.69, 9.17) is 21.6 Å². The molecule has 1 amide bonds. The number of anilines is 1. The number of aryl methyl sites for hydroxylation is 1. The summed E-state index contributed by atoms with van der Waals surface area (Å²) in [4.78, 5) is 38.6. The Balaban J connectivity index is 1.82. The molecule has 0 fully saturated rings. The highest BCUT2D eigenvalue weighted by molar-refractivity contribution is 9.10. The number of carbonyl (C=O) groups is 3. The van der Waals surface area contributed by atoms with Gasteiger partial charge in [0.15, 0.2) is 11.6 Å². The molecule has 0 spiro atoms. The average Bonchev–Trinajstić information content (AvgIpc) is 2.92. The van der Waals surface area contributed by atoms with Crippen LogP contribution in [0, 0.1) is 16.7 Å². The number of amides is 1. The van der Waals surface area contributed by atoms with Gasteiger partial charge in [0.25, 0.3) is 12.3 Å². The van der Waals surface area contributed by atoms with E-state index >= 15 is 0 Å². The van der Waals surface area contributed by atoms with Gasteiger partial charge < -0.3 is 10.1 Å². The fourth-order valence-electron chi connectivity index (χ4n) is 3.73. The summed E-state index contributed by atoms with van der Waals surface area (Å²) in [5, 5.41) is 12.1. The molecule has 0 heterocycles. The van der Waals surface area contributed by atoms with Crippen molar-refractivity contribution < 1.29 is 27.9 Å². The Morgan fingerprint density at radius 3 is 2.33 bits per heavy atom. The van der Waals surface area contributed by atoms with Crippen LogP contribution < -0.4 is 10.1 Å². The largest absolute Gasteiger partial charge is 0.487 e. The van der Waals surface area contributed by atoms with Crippen LogP contribution in [0.3, 0.4) is 0 Å². The first kappa shape index (κ1) is 30.9. The van der Waals surface area contributed by atoms with Crippen LogP contribution in [0.1, 0.15) is 52.1 Å². The smallest absolute Gasteiger partial charge is 0.272 e. The molecule has 0 aromatic heterocycles. The second-order valence-electron chi connectivity index (χ2n) is 9.57. The molecule has 0 aliphatic carbocycles. The van der Waals surface area contributed by atoms with Crippen molar-refractivity contribution in [3.05, 3.63) is 92.4 Å². The lowest BCUT2D eigenvalue weighted by Gasteiger charge is -2.14. The summed E-state index contributed by atoms with van der Waals surface area (Å²) in [5.74, 6) is -1.18. The molecule has 6 nitrogen and oxygen atoms in total. The normalized spacial score (nSPS) is 11.2. The molecule has 3 aromatic rings. The molecule has 0 aliphatic rings. The Morgan fingerprint density at radius 1 is 1.02 bits per heavy atom. The topological polar surface area (TPSA) is 96.3 Å². The summed E-state index contributed by atoms with van der Waals surface area (Å²) < 4.78 is 31.6. The molecule has 0 saturated heterocycles. The maximum Gasteiger partial charge on any atom is 0.272 e. The number of hydrogen-bond acceptors (Lipinski definition) is 5. The minimum atomic E-state index is -2.74. The number of carbonyl (C=O) groups excluding carboxylic acids is 3. The van der Waals surface area contributed by atoms with Gasteiger partial charge in [-0.1, -0.05) is 39.7 Å². The minimum absolute atomic E-state index is 0.00710. The Morgan fingerprint density at radius 2 is 1.68 bits per heavy atom. The van der Waals surface area contributed by atoms with E-state index in [-0.39, 0.29) is 46.3 Å². The fraction of sp³-hybridized carbons (Fsp3) is 0.267. The maximum atomic E-state index is 13.2. The van der Waals surface area contributed by atoms with Crippen molar-refractivity contribution in [3.63, 3.8) is 0 Å². The van der Waals surface area contributed by atoms with Crippen LogP contribution in [-0.4, -0.2) is 30.5 Å². The molecule has 0 unspecified atom stereocenters. The van der Waals surface area contributed by atoms with Gasteiger partial charge in [0.1, 0.15) is 17.8 Å². The second-order valence-corrected chi connectivity index (χ2v) is 10.9. The summed E-state index contributed by atoms with van der Waals surface area (Å²) in [6.07, 6.45) is -2.40. The molecule has 0 bridgehead atoms. The molecule has 208 valence electrons. The summed E-state index contributed by atoms with van der Waals surface area (Å²) in [6, 6.07) is 18.0. The lowest BCUT2D eigenvalue weighted by Crippen LogP contribution is -2.22. The first-order valence-corrected chi connectivity index (χ1v) is 13.4. The zero-order valence-electron chi connectivity index (χ0n) is 21.8. The van der Waals surface area contributed by atoms with E-state index < -0.39 is 24.4 Å². The van der Waals surface area contributed by atoms with Crippen molar-refractivity contribution in [1.82, 2.24) is 0 Å². The number of hydrogen-bond donors (Lipinski definition) is 1. The van der Waals surface area contributed by atoms with Crippen molar-refractivity contribution in [2.24, 2.45) is 5.41 Å². The number of Topliss-reactive ketones (excluding diaryl/α,β-unsaturated/α-hetero) is 2. The van der Waals surface area contributed by atoms with Crippen LogP contribution in [0.5, 0.6) is 5.75 Å². The fourth-order valence-corrected chi connectivity index (χ4v) is 4.22. The van der Waals surface area contributed by atoms with Gasteiger partial charge in [-0.15, -0.1) is 0 Å². The third kappa shape index (κ3) is 8.44. The zero-order valence-corrected chi connectivity index (χ0v) is 24.1. The van der Waals surface area contributed by atoms with Crippen LogP contribution in [0.2, 0.25) is 5.02 Å². The van der Waals surface area contributed by atoms with Gasteiger partial charge >= 0.3 is 0 Å². The van der Waals surface area contributed by atoms with E-state index in [0.717, 1.165) is 4.47 Å². The van der Waals surface area contributed by atoms with Crippen LogP contribution in [0.4, 0.5) is 14.5 Å². The maximum absolute atomic E-state index is 13.2. The van der Waals surface area contributed by atoms with Crippen LogP contribution >= 0.6 is 27.5 Å². The third-order valence-corrected chi connectivity index (χ3v) is 6.93. The first-order chi connectivity index (χ1) is 18.9. The second kappa shape index (κ2) is 13.6. The molecule has 0 aliphatic heterocycles. The quantitative estimate of drug-likeness (QED) is 0.209. The summed E-state index contributed by atoms with van der Waals surface area (Å²) in [6.45, 7) is 2.22. The Labute approximate surface area is 244 Å². The predicted molar refractivity (Wildman–Crippen MR) is 152 cm³/mol. The molecule has 1 N–H and O–H groups in total. The number of ether oxygens (including phenoxy) is 1. The molecule has 3 aromatic carbocycles. The van der Waals surface area contributed by atoms with Crippen molar-refractivity contribution in [3.8, 4) is 11.8 Å². The van der Waals surface area contributed by atoms with Gasteiger partial charge in [-0.2, -0.15) is 5.26 Å². The SMILES string of the molecule is CC(C)(C#N)C(=O)CCc1ccc(Cl)c(C(=O)Cc2ccc(OCC(F)F)c(C(=O)Nc3ccc(Br)cc3)c2)c1. The van der Waals surface area contributed by atoms with Gasteiger partial charge in [-0.25, -0.2) is 8.78 Å². The number of alkyl halides is 2. The molecule has 0 saturated carbocycles. The molecule has 0 atom stereocenters. The van der Waals surface area contributed by atoms with Gasteiger partial charge in [0.2, 0.25) is 0 Å². The first-order valence-electron chi connectivity index (χ1n) is 12.3. The Kier molecular flexibility index (Phi) is 10.5. The van der Waals surface area contributed by atoms with E-state index in [0.29, 0.717) is 23.2 Å². The number of nitrogens with one attached hydrogen (secondary N) is 1. The van der Waals surface area contributed by atoms with E-state index in [1.54, 1.807) is 56.3 Å². The highest BCUT2D eigenvalue weighted by atomic mass is 79.9. The van der Waals surface area contributed by atoms with Crippen molar-refractivity contribution in [2.75, 3.05) is 11.9 Å². The minimum Gasteiger partial charge on any atom is -0.487 e. The molecule has 3 rings (SSSR count). The van der Waals surface area contributed by atoms with Crippen molar-refractivity contribution in [2.45, 2.75) is 39.5 Å². The lowest BCUT2D eigenvalue weighted by molar-refractivity contribution is -0.124. The van der Waals surface area contributed by atoms with Crippen LogP contribution in [-0.2, 0) is 17.6 Å². The number of ketones is 2. The molecule has 0 radical (unpaired) electrons. The van der Waals surface area contributed by atoms with Crippen molar-refractivity contribution >= 4 is 50.7 Å². The highest BCUT2D eigenvalue weighted by Crippen LogP contribution is 2.26. The Bertz CT molecular complexity index is 1450. The van der Waals surface area contributed by atoms with E-state index in [2.05, 4.69) is 21.2 Å². The van der Waals surface area contributed by atoms with Gasteiger partial charge in [0, 0.05) is 28.6 Å². The number of nitrogens with zero attached hydrogens (tertiary/aromatic N) is 1. The van der Waals surface area contributed by atoms with Crippen LogP contribution in [0.25, 0.3) is 0 Å². The highest BCUT2D eigenvalue weighted by Gasteiger charge is 2.26. The zero-order chi connectivity index (χ0) is 29.4. The van der Waals surface area contributed by atoms with E-state index in [9.17, 15) is 23.2 Å². The van der Waals surface area contributed by atoms with Crippen molar-refractivity contribution in [1.29, 1.82) is 5.26 Å². The number of benzene rings is 3. The number of rotatable bonds is 12. The van der Waals surface area contributed by atoms with E-state index in [1.807, 2.05) is 6.07 Å². The van der Waals surface area contributed by atoms with Crippen LogP contribution in [0.15, 0.2) is 65.1 Å². The van der Waals surface area contributed by atoms with Gasteiger partial charge in [-0.3, -0.25) is 14.4 Å². The summed E-state index contributed by atoms with van der Waals surface area (Å²) in [5.41, 5.74) is 0.771. The van der Waals surface area contributed by atoms with Gasteiger partial charge in [0.05, 0.1) is 16.7 Å². The average molecular weight is 632 g/mol.